The molecule has 3 rings (SSSR count). The minimum Gasteiger partial charge on any atom is -0.497 e. The van der Waals surface area contributed by atoms with Gasteiger partial charge in [0.15, 0.2) is 11.5 Å². The number of carbonyl (C=O) groups excluding carboxylic acids is 1. The maximum Gasteiger partial charge on any atom is 0.323 e. The van der Waals surface area contributed by atoms with E-state index in [2.05, 4.69) is 5.32 Å². The highest BCUT2D eigenvalue weighted by molar-refractivity contribution is 5.77. The van der Waals surface area contributed by atoms with Crippen molar-refractivity contribution in [2.24, 2.45) is 0 Å². The Morgan fingerprint density at radius 1 is 1.11 bits per heavy atom. The van der Waals surface area contributed by atoms with Crippen LogP contribution in [0.5, 0.6) is 17.2 Å². The Bertz CT molecular complexity index is 788. The number of hydrogen-bond acceptors (Lipinski definition) is 6. The average molecular weight is 371 g/mol. The molecule has 1 N–H and O–H groups in total. The van der Waals surface area contributed by atoms with Gasteiger partial charge in [-0.05, 0) is 36.2 Å². The molecule has 2 aromatic carbocycles. The van der Waals surface area contributed by atoms with E-state index in [1.807, 2.05) is 36.4 Å². The van der Waals surface area contributed by atoms with E-state index in [0.29, 0.717) is 37.7 Å². The lowest BCUT2D eigenvalue weighted by Gasteiger charge is -2.27. The largest absolute Gasteiger partial charge is 0.497 e. The molecule has 27 heavy (non-hydrogen) atoms. The number of carbonyl (C=O) groups is 1. The molecule has 0 radical (unpaired) electrons. The third-order valence-corrected chi connectivity index (χ3v) is 4.60. The molecule has 1 unspecified atom stereocenters. The van der Waals surface area contributed by atoms with Crippen LogP contribution in [0.15, 0.2) is 36.4 Å². The quantitative estimate of drug-likeness (QED) is 0.755. The third-order valence-electron chi connectivity index (χ3n) is 4.60. The first-order valence-electron chi connectivity index (χ1n) is 9.00. The summed E-state index contributed by atoms with van der Waals surface area (Å²) in [7, 11) is 3.26. The van der Waals surface area contributed by atoms with Crippen molar-refractivity contribution in [1.29, 1.82) is 0 Å². The molecule has 1 aliphatic heterocycles. The highest BCUT2D eigenvalue weighted by Gasteiger charge is 2.29. The van der Waals surface area contributed by atoms with E-state index in [4.69, 9.17) is 18.9 Å². The standard InChI is InChI=1S/C21H25NO5/c1-4-26-21(23)18-11-17-15(12-22-18)7-10-19(25-3)20(17)27-13-14-5-8-16(24-2)9-6-14/h5-10,18,22H,4,11-13H2,1-3H3. The van der Waals surface area contributed by atoms with Gasteiger partial charge >= 0.3 is 5.97 Å². The van der Waals surface area contributed by atoms with Gasteiger partial charge in [-0.2, -0.15) is 0 Å². The molecule has 0 bridgehead atoms. The minimum atomic E-state index is -0.382. The molecule has 6 heteroatoms. The summed E-state index contributed by atoms with van der Waals surface area (Å²) in [5, 5.41) is 3.23. The number of methoxy groups -OCH3 is 2. The lowest BCUT2D eigenvalue weighted by Crippen LogP contribution is -2.42. The highest BCUT2D eigenvalue weighted by atomic mass is 16.5. The van der Waals surface area contributed by atoms with Crippen molar-refractivity contribution in [3.63, 3.8) is 0 Å². The molecule has 2 aromatic rings. The molecule has 6 nitrogen and oxygen atoms in total. The maximum atomic E-state index is 12.1. The van der Waals surface area contributed by atoms with Crippen LogP contribution in [0, 0.1) is 0 Å². The Kier molecular flexibility index (Phi) is 6.19. The Morgan fingerprint density at radius 3 is 2.56 bits per heavy atom. The fourth-order valence-electron chi connectivity index (χ4n) is 3.15. The van der Waals surface area contributed by atoms with Gasteiger partial charge in [-0.1, -0.05) is 18.2 Å². The van der Waals surface area contributed by atoms with E-state index < -0.39 is 0 Å². The van der Waals surface area contributed by atoms with Crippen molar-refractivity contribution in [3.8, 4) is 17.2 Å². The molecule has 0 fully saturated rings. The van der Waals surface area contributed by atoms with Crippen LogP contribution in [-0.4, -0.2) is 32.8 Å². The van der Waals surface area contributed by atoms with Crippen LogP contribution < -0.4 is 19.5 Å². The van der Waals surface area contributed by atoms with Crippen LogP contribution in [-0.2, 0) is 29.1 Å². The van der Waals surface area contributed by atoms with Crippen LogP contribution in [0.1, 0.15) is 23.6 Å². The van der Waals surface area contributed by atoms with E-state index in [1.54, 1.807) is 21.1 Å². The number of nitrogens with one attached hydrogen (secondary N) is 1. The van der Waals surface area contributed by atoms with E-state index in [9.17, 15) is 4.79 Å². The molecule has 1 heterocycles. The van der Waals surface area contributed by atoms with Gasteiger partial charge in [0, 0.05) is 18.5 Å². The summed E-state index contributed by atoms with van der Waals surface area (Å²) in [6, 6.07) is 11.2. The molecule has 1 atom stereocenters. The lowest BCUT2D eigenvalue weighted by molar-refractivity contribution is -0.145. The SMILES string of the molecule is CCOC(=O)C1Cc2c(ccc(OC)c2OCc2ccc(OC)cc2)CN1. The molecule has 0 aliphatic carbocycles. The molecule has 0 saturated carbocycles. The predicted octanol–water partition coefficient (Wildman–Crippen LogP) is 2.86. The third kappa shape index (κ3) is 4.34. The first-order chi connectivity index (χ1) is 13.2. The van der Waals surface area contributed by atoms with Crippen molar-refractivity contribution < 1.29 is 23.7 Å². The summed E-state index contributed by atoms with van der Waals surface area (Å²) in [4.78, 5) is 12.1. The molecule has 0 aromatic heterocycles. The molecular formula is C21H25NO5. The summed E-state index contributed by atoms with van der Waals surface area (Å²) < 4.78 is 22.0. The van der Waals surface area contributed by atoms with Gasteiger partial charge in [0.1, 0.15) is 18.4 Å². The number of benzene rings is 2. The molecule has 1 aliphatic rings. The summed E-state index contributed by atoms with van der Waals surface area (Å²) in [6.07, 6.45) is 0.503. The smallest absolute Gasteiger partial charge is 0.323 e. The van der Waals surface area contributed by atoms with E-state index in [-0.39, 0.29) is 12.0 Å². The summed E-state index contributed by atoms with van der Waals surface area (Å²) in [6.45, 7) is 3.15. The Balaban J connectivity index is 1.82. The first kappa shape index (κ1) is 19.0. The van der Waals surface area contributed by atoms with Crippen molar-refractivity contribution >= 4 is 5.97 Å². The zero-order valence-corrected chi connectivity index (χ0v) is 15.9. The van der Waals surface area contributed by atoms with Crippen molar-refractivity contribution in [1.82, 2.24) is 5.32 Å². The van der Waals surface area contributed by atoms with Gasteiger partial charge in [0.05, 0.1) is 20.8 Å². The second-order valence-electron chi connectivity index (χ2n) is 6.26. The summed E-state index contributed by atoms with van der Waals surface area (Å²) >= 11 is 0. The van der Waals surface area contributed by atoms with Gasteiger partial charge < -0.3 is 24.3 Å². The Hall–Kier alpha value is -2.73. The van der Waals surface area contributed by atoms with Crippen LogP contribution >= 0.6 is 0 Å². The number of ether oxygens (including phenoxy) is 4. The van der Waals surface area contributed by atoms with E-state index in [0.717, 1.165) is 22.4 Å². The number of rotatable bonds is 7. The fraction of sp³-hybridized carbons (Fsp3) is 0.381. The van der Waals surface area contributed by atoms with Crippen molar-refractivity contribution in [3.05, 3.63) is 53.1 Å². The van der Waals surface area contributed by atoms with Crippen molar-refractivity contribution in [2.45, 2.75) is 32.5 Å². The molecule has 0 saturated heterocycles. The predicted molar refractivity (Wildman–Crippen MR) is 101 cm³/mol. The van der Waals surface area contributed by atoms with Gasteiger partial charge in [0.2, 0.25) is 0 Å². The van der Waals surface area contributed by atoms with Crippen LogP contribution in [0.3, 0.4) is 0 Å². The first-order valence-corrected chi connectivity index (χ1v) is 9.00. The highest BCUT2D eigenvalue weighted by Crippen LogP contribution is 2.37. The van der Waals surface area contributed by atoms with E-state index >= 15 is 0 Å². The summed E-state index contributed by atoms with van der Waals surface area (Å²) in [5.41, 5.74) is 3.10. The van der Waals surface area contributed by atoms with Crippen LogP contribution in [0.25, 0.3) is 0 Å². The van der Waals surface area contributed by atoms with Gasteiger partial charge in [-0.25, -0.2) is 0 Å². The van der Waals surface area contributed by atoms with Gasteiger partial charge in [-0.15, -0.1) is 0 Å². The van der Waals surface area contributed by atoms with Gasteiger partial charge in [0.25, 0.3) is 0 Å². The monoisotopic (exact) mass is 371 g/mol. The normalized spacial score (nSPS) is 15.6. The van der Waals surface area contributed by atoms with E-state index in [1.165, 1.54) is 0 Å². The molecule has 144 valence electrons. The topological polar surface area (TPSA) is 66.0 Å². The molecular weight excluding hydrogens is 346 g/mol. The zero-order chi connectivity index (χ0) is 19.2. The second-order valence-corrected chi connectivity index (χ2v) is 6.26. The number of fused-ring (bicyclic) bond motifs is 1. The van der Waals surface area contributed by atoms with Crippen molar-refractivity contribution in [2.75, 3.05) is 20.8 Å². The van der Waals surface area contributed by atoms with Crippen LogP contribution in [0.2, 0.25) is 0 Å². The minimum absolute atomic E-state index is 0.243. The second kappa shape index (κ2) is 8.77. The molecule has 0 spiro atoms. The van der Waals surface area contributed by atoms with Crippen LogP contribution in [0.4, 0.5) is 0 Å². The number of hydrogen-bond donors (Lipinski definition) is 1. The lowest BCUT2D eigenvalue weighted by atomic mass is 9.94. The Morgan fingerprint density at radius 2 is 1.89 bits per heavy atom. The fourth-order valence-corrected chi connectivity index (χ4v) is 3.15. The average Bonchev–Trinajstić information content (AvgIpc) is 2.72. The zero-order valence-electron chi connectivity index (χ0n) is 15.9. The number of esters is 1. The summed E-state index contributed by atoms with van der Waals surface area (Å²) in [5.74, 6) is 1.90. The maximum absolute atomic E-state index is 12.1. The molecule has 0 amide bonds. The van der Waals surface area contributed by atoms with Gasteiger partial charge in [-0.3, -0.25) is 4.79 Å². The Labute approximate surface area is 159 Å².